The second kappa shape index (κ2) is 10.6. The van der Waals surface area contributed by atoms with E-state index in [0.717, 1.165) is 35.6 Å². The van der Waals surface area contributed by atoms with Crippen LogP contribution in [-0.4, -0.2) is 24.1 Å². The molecule has 0 aliphatic carbocycles. The van der Waals surface area contributed by atoms with Crippen LogP contribution in [0.3, 0.4) is 0 Å². The minimum Gasteiger partial charge on any atom is -0.370 e. The number of nitrogens with zero attached hydrogens (tertiary/aromatic N) is 1. The minimum atomic E-state index is -0.456. The molecule has 32 heavy (non-hydrogen) atoms. The third-order valence-corrected chi connectivity index (χ3v) is 6.17. The Balaban J connectivity index is 1.45. The maximum Gasteiger partial charge on any atom is 0.238 e. The lowest BCUT2D eigenvalue weighted by atomic mass is 9.90. The highest BCUT2D eigenvalue weighted by molar-refractivity contribution is 7.80. The monoisotopic (exact) mass is 463 g/mol. The summed E-state index contributed by atoms with van der Waals surface area (Å²) >= 11 is 12.0. The van der Waals surface area contributed by atoms with Gasteiger partial charge < -0.3 is 15.5 Å². The Morgan fingerprint density at radius 3 is 2.03 bits per heavy atom. The zero-order chi connectivity index (χ0) is 22.3. The van der Waals surface area contributed by atoms with E-state index >= 15 is 0 Å². The van der Waals surface area contributed by atoms with Crippen molar-refractivity contribution in [3.05, 3.63) is 95.0 Å². The first kappa shape index (κ1) is 22.3. The summed E-state index contributed by atoms with van der Waals surface area (Å²) in [5.74, 6) is -0.641. The highest BCUT2D eigenvalue weighted by atomic mass is 35.5. The number of halogens is 1. The summed E-state index contributed by atoms with van der Waals surface area (Å²) in [7, 11) is 0. The van der Waals surface area contributed by atoms with Crippen molar-refractivity contribution in [2.75, 3.05) is 23.3 Å². The molecule has 0 radical (unpaired) electrons. The van der Waals surface area contributed by atoms with Gasteiger partial charge in [-0.3, -0.25) is 4.79 Å². The van der Waals surface area contributed by atoms with Gasteiger partial charge in [-0.05, 0) is 60.8 Å². The SMILES string of the molecule is O=C(NC(=S)Nc1ccc(N2CCCCC2)c(Cl)c1)C(c1ccccc1)c1ccccc1. The lowest BCUT2D eigenvalue weighted by molar-refractivity contribution is -0.120. The molecule has 0 unspecified atom stereocenters. The van der Waals surface area contributed by atoms with Crippen molar-refractivity contribution in [3.63, 3.8) is 0 Å². The van der Waals surface area contributed by atoms with E-state index in [0.29, 0.717) is 5.02 Å². The van der Waals surface area contributed by atoms with Crippen LogP contribution in [0.25, 0.3) is 0 Å². The Labute approximate surface area is 199 Å². The molecule has 1 aliphatic heterocycles. The summed E-state index contributed by atoms with van der Waals surface area (Å²) in [5.41, 5.74) is 3.61. The van der Waals surface area contributed by atoms with Crippen molar-refractivity contribution in [2.45, 2.75) is 25.2 Å². The van der Waals surface area contributed by atoms with Crippen LogP contribution in [0.4, 0.5) is 11.4 Å². The Bertz CT molecular complexity index is 1030. The van der Waals surface area contributed by atoms with E-state index in [-0.39, 0.29) is 11.0 Å². The molecule has 1 heterocycles. The van der Waals surface area contributed by atoms with Crippen LogP contribution in [-0.2, 0) is 4.79 Å². The topological polar surface area (TPSA) is 44.4 Å². The van der Waals surface area contributed by atoms with E-state index in [9.17, 15) is 4.79 Å². The predicted molar refractivity (Wildman–Crippen MR) is 137 cm³/mol. The molecular weight excluding hydrogens is 438 g/mol. The number of rotatable bonds is 5. The van der Waals surface area contributed by atoms with Gasteiger partial charge in [-0.1, -0.05) is 72.3 Å². The largest absolute Gasteiger partial charge is 0.370 e. The lowest BCUT2D eigenvalue weighted by Crippen LogP contribution is -2.37. The molecule has 1 amide bonds. The summed E-state index contributed by atoms with van der Waals surface area (Å²) < 4.78 is 0. The maximum atomic E-state index is 13.2. The standard InChI is InChI=1S/C26H26ClN3OS/c27-22-18-21(14-15-23(22)30-16-8-3-9-17-30)28-26(32)29-25(31)24(19-10-4-1-5-11-19)20-12-6-2-7-13-20/h1-2,4-7,10-15,18,24H,3,8-9,16-17H2,(H2,28,29,31,32). The number of carbonyl (C=O) groups is 1. The van der Waals surface area contributed by atoms with Gasteiger partial charge >= 0.3 is 0 Å². The second-order valence-electron chi connectivity index (χ2n) is 7.91. The number of thiocarbonyl (C=S) groups is 1. The number of hydrogen-bond acceptors (Lipinski definition) is 3. The zero-order valence-corrected chi connectivity index (χ0v) is 19.3. The van der Waals surface area contributed by atoms with E-state index in [1.54, 1.807) is 0 Å². The molecule has 1 fully saturated rings. The van der Waals surface area contributed by atoms with Crippen molar-refractivity contribution in [3.8, 4) is 0 Å². The van der Waals surface area contributed by atoms with E-state index in [2.05, 4.69) is 15.5 Å². The fourth-order valence-corrected chi connectivity index (χ4v) is 4.63. The number of benzene rings is 3. The normalized spacial score (nSPS) is 13.6. The van der Waals surface area contributed by atoms with Crippen LogP contribution >= 0.6 is 23.8 Å². The van der Waals surface area contributed by atoms with Gasteiger partial charge in [0.05, 0.1) is 16.6 Å². The molecule has 1 saturated heterocycles. The summed E-state index contributed by atoms with van der Waals surface area (Å²) in [5, 5.41) is 6.87. The number of amides is 1. The van der Waals surface area contributed by atoms with Crippen LogP contribution < -0.4 is 15.5 Å². The Morgan fingerprint density at radius 2 is 1.47 bits per heavy atom. The molecule has 0 bridgehead atoms. The van der Waals surface area contributed by atoms with E-state index in [1.807, 2.05) is 78.9 Å². The highest BCUT2D eigenvalue weighted by Gasteiger charge is 2.23. The Hall–Kier alpha value is -2.89. The van der Waals surface area contributed by atoms with Gasteiger partial charge in [-0.15, -0.1) is 0 Å². The molecule has 164 valence electrons. The molecular formula is C26H26ClN3OS. The van der Waals surface area contributed by atoms with Crippen LogP contribution in [0.5, 0.6) is 0 Å². The van der Waals surface area contributed by atoms with Crippen LogP contribution in [0.1, 0.15) is 36.3 Å². The highest BCUT2D eigenvalue weighted by Crippen LogP contribution is 2.31. The summed E-state index contributed by atoms with van der Waals surface area (Å²) in [4.78, 5) is 15.5. The van der Waals surface area contributed by atoms with E-state index in [1.165, 1.54) is 19.3 Å². The van der Waals surface area contributed by atoms with Gasteiger partial charge in [0.2, 0.25) is 5.91 Å². The molecule has 3 aromatic carbocycles. The Kier molecular flexibility index (Phi) is 7.40. The number of anilines is 2. The lowest BCUT2D eigenvalue weighted by Gasteiger charge is -2.29. The summed E-state index contributed by atoms with van der Waals surface area (Å²) in [6, 6.07) is 25.2. The average Bonchev–Trinajstić information content (AvgIpc) is 2.81. The van der Waals surface area contributed by atoms with Gasteiger partial charge in [0, 0.05) is 18.8 Å². The number of piperidine rings is 1. The molecule has 0 saturated carbocycles. The smallest absolute Gasteiger partial charge is 0.238 e. The third kappa shape index (κ3) is 5.47. The first-order valence-electron chi connectivity index (χ1n) is 10.9. The van der Waals surface area contributed by atoms with Crippen LogP contribution in [0.2, 0.25) is 5.02 Å². The minimum absolute atomic E-state index is 0.184. The van der Waals surface area contributed by atoms with Gasteiger partial charge in [0.25, 0.3) is 0 Å². The number of carbonyl (C=O) groups excluding carboxylic acids is 1. The third-order valence-electron chi connectivity index (χ3n) is 5.67. The van der Waals surface area contributed by atoms with E-state index < -0.39 is 5.92 Å². The van der Waals surface area contributed by atoms with Crippen molar-refractivity contribution >= 4 is 46.2 Å². The molecule has 4 nitrogen and oxygen atoms in total. The molecule has 4 rings (SSSR count). The maximum absolute atomic E-state index is 13.2. The first-order chi connectivity index (χ1) is 15.6. The van der Waals surface area contributed by atoms with Gasteiger partial charge in [0.15, 0.2) is 5.11 Å². The van der Waals surface area contributed by atoms with Gasteiger partial charge in [-0.25, -0.2) is 0 Å². The molecule has 1 aliphatic rings. The quantitative estimate of drug-likeness (QED) is 0.457. The van der Waals surface area contributed by atoms with Crippen molar-refractivity contribution in [1.29, 1.82) is 0 Å². The predicted octanol–water partition coefficient (Wildman–Crippen LogP) is 5.98. The molecule has 2 N–H and O–H groups in total. The average molecular weight is 464 g/mol. The first-order valence-corrected chi connectivity index (χ1v) is 11.7. The van der Waals surface area contributed by atoms with Crippen molar-refractivity contribution in [1.82, 2.24) is 5.32 Å². The van der Waals surface area contributed by atoms with Crippen molar-refractivity contribution < 1.29 is 4.79 Å². The molecule has 0 aromatic heterocycles. The Morgan fingerprint density at radius 1 is 0.875 bits per heavy atom. The van der Waals surface area contributed by atoms with E-state index in [4.69, 9.17) is 23.8 Å². The number of nitrogens with one attached hydrogen (secondary N) is 2. The van der Waals surface area contributed by atoms with Gasteiger partial charge in [-0.2, -0.15) is 0 Å². The fraction of sp³-hybridized carbons (Fsp3) is 0.231. The van der Waals surface area contributed by atoms with Crippen molar-refractivity contribution in [2.24, 2.45) is 0 Å². The van der Waals surface area contributed by atoms with Crippen LogP contribution in [0, 0.1) is 0 Å². The number of hydrogen-bond donors (Lipinski definition) is 2. The fourth-order valence-electron chi connectivity index (χ4n) is 4.11. The van der Waals surface area contributed by atoms with Gasteiger partial charge in [0.1, 0.15) is 0 Å². The van der Waals surface area contributed by atoms with Crippen LogP contribution in [0.15, 0.2) is 78.9 Å². The second-order valence-corrected chi connectivity index (χ2v) is 8.73. The molecule has 6 heteroatoms. The summed E-state index contributed by atoms with van der Waals surface area (Å²) in [6.45, 7) is 2.06. The summed E-state index contributed by atoms with van der Waals surface area (Å²) in [6.07, 6.45) is 3.65. The molecule has 3 aromatic rings. The zero-order valence-electron chi connectivity index (χ0n) is 17.8. The molecule has 0 spiro atoms. The molecule has 0 atom stereocenters.